The molecule has 0 radical (unpaired) electrons. The van der Waals surface area contributed by atoms with Crippen molar-refractivity contribution in [2.24, 2.45) is 0 Å². The molecule has 0 aliphatic heterocycles. The van der Waals surface area contributed by atoms with Crippen LogP contribution in [0.3, 0.4) is 0 Å². The Balaban J connectivity index is 1.53. The summed E-state index contributed by atoms with van der Waals surface area (Å²) in [6, 6.07) is 16.3. The van der Waals surface area contributed by atoms with E-state index in [1.54, 1.807) is 24.3 Å². The molecule has 0 aliphatic rings. The second-order valence-corrected chi connectivity index (χ2v) is 6.61. The first-order chi connectivity index (χ1) is 13.5. The predicted octanol–water partition coefficient (Wildman–Crippen LogP) is 3.45. The average molecular weight is 403 g/mol. The van der Waals surface area contributed by atoms with Crippen LogP contribution in [0.5, 0.6) is 0 Å². The minimum Gasteiger partial charge on any atom is -0.466 e. The van der Waals surface area contributed by atoms with Gasteiger partial charge in [0.1, 0.15) is 0 Å². The van der Waals surface area contributed by atoms with Gasteiger partial charge in [-0.2, -0.15) is 0 Å². The van der Waals surface area contributed by atoms with E-state index in [-0.39, 0.29) is 24.7 Å². The fourth-order valence-electron chi connectivity index (χ4n) is 2.43. The lowest BCUT2D eigenvalue weighted by Crippen LogP contribution is -2.41. The Hall–Kier alpha value is -2.86. The summed E-state index contributed by atoms with van der Waals surface area (Å²) < 4.78 is 5.16. The molecule has 0 unspecified atom stereocenters. The number of esters is 1. The van der Waals surface area contributed by atoms with Crippen LogP contribution in [0.1, 0.15) is 41.6 Å². The van der Waals surface area contributed by atoms with Gasteiger partial charge in [-0.1, -0.05) is 41.9 Å². The van der Waals surface area contributed by atoms with Crippen LogP contribution in [0.2, 0.25) is 5.02 Å². The van der Waals surface area contributed by atoms with Crippen LogP contribution >= 0.6 is 11.6 Å². The van der Waals surface area contributed by atoms with Gasteiger partial charge >= 0.3 is 5.97 Å². The second-order valence-electron chi connectivity index (χ2n) is 6.17. The highest BCUT2D eigenvalue weighted by Gasteiger charge is 2.09. The van der Waals surface area contributed by atoms with Gasteiger partial charge in [0.25, 0.3) is 5.91 Å². The number of hydrogen-bond acceptors (Lipinski definition) is 4. The summed E-state index contributed by atoms with van der Waals surface area (Å²) in [4.78, 5) is 35.3. The van der Waals surface area contributed by atoms with Crippen LogP contribution in [0, 0.1) is 0 Å². The van der Waals surface area contributed by atoms with E-state index in [4.69, 9.17) is 16.3 Å². The number of benzene rings is 2. The van der Waals surface area contributed by atoms with Crippen molar-refractivity contribution in [3.05, 3.63) is 70.7 Å². The Labute approximate surface area is 169 Å². The summed E-state index contributed by atoms with van der Waals surface area (Å²) in [7, 11) is 0. The SMILES string of the molecule is O=C(CCCC(=O)OCCCc1ccccc1)NNC(=O)c1ccc(Cl)cc1. The van der Waals surface area contributed by atoms with E-state index >= 15 is 0 Å². The number of amides is 2. The number of nitrogens with one attached hydrogen (secondary N) is 2. The van der Waals surface area contributed by atoms with Crippen LogP contribution in [-0.2, 0) is 20.7 Å². The maximum absolute atomic E-state index is 11.8. The topological polar surface area (TPSA) is 84.5 Å². The van der Waals surface area contributed by atoms with Crippen molar-refractivity contribution in [3.63, 3.8) is 0 Å². The standard InChI is InChI=1S/C21H23ClN2O4/c22-18-13-11-17(12-14-18)21(27)24-23-19(25)9-4-10-20(26)28-15-5-8-16-6-2-1-3-7-16/h1-3,6-7,11-14H,4-5,8-10,15H2,(H,23,25)(H,24,27). The van der Waals surface area contributed by atoms with Gasteiger partial charge in [0.15, 0.2) is 0 Å². The first kappa shape index (κ1) is 21.4. The highest BCUT2D eigenvalue weighted by Crippen LogP contribution is 2.09. The van der Waals surface area contributed by atoms with Gasteiger partial charge in [0.2, 0.25) is 5.91 Å². The van der Waals surface area contributed by atoms with Crippen molar-refractivity contribution >= 4 is 29.4 Å². The molecule has 0 atom stereocenters. The molecule has 0 aromatic heterocycles. The van der Waals surface area contributed by atoms with Crippen molar-refractivity contribution < 1.29 is 19.1 Å². The number of rotatable bonds is 9. The maximum Gasteiger partial charge on any atom is 0.305 e. The molecule has 28 heavy (non-hydrogen) atoms. The first-order valence-electron chi connectivity index (χ1n) is 9.09. The van der Waals surface area contributed by atoms with Crippen LogP contribution < -0.4 is 10.9 Å². The number of hydrogen-bond donors (Lipinski definition) is 2. The van der Waals surface area contributed by atoms with Gasteiger partial charge < -0.3 is 4.74 Å². The summed E-state index contributed by atoms with van der Waals surface area (Å²) in [5.74, 6) is -1.15. The van der Waals surface area contributed by atoms with E-state index in [0.29, 0.717) is 23.6 Å². The van der Waals surface area contributed by atoms with Gasteiger partial charge in [0.05, 0.1) is 6.61 Å². The van der Waals surface area contributed by atoms with E-state index in [2.05, 4.69) is 10.9 Å². The molecule has 2 N–H and O–H groups in total. The number of hydrazine groups is 1. The van der Waals surface area contributed by atoms with E-state index in [0.717, 1.165) is 12.8 Å². The smallest absolute Gasteiger partial charge is 0.305 e. The van der Waals surface area contributed by atoms with Crippen LogP contribution in [0.15, 0.2) is 54.6 Å². The number of carbonyl (C=O) groups excluding carboxylic acids is 3. The molecule has 0 heterocycles. The molecular formula is C21H23ClN2O4. The lowest BCUT2D eigenvalue weighted by molar-refractivity contribution is -0.143. The number of halogens is 1. The fourth-order valence-corrected chi connectivity index (χ4v) is 2.56. The van der Waals surface area contributed by atoms with Gasteiger partial charge in [-0.15, -0.1) is 0 Å². The average Bonchev–Trinajstić information content (AvgIpc) is 2.71. The Morgan fingerprint density at radius 2 is 1.57 bits per heavy atom. The number of aryl methyl sites for hydroxylation is 1. The molecule has 6 nitrogen and oxygen atoms in total. The van der Waals surface area contributed by atoms with Crippen LogP contribution in [0.4, 0.5) is 0 Å². The zero-order chi connectivity index (χ0) is 20.2. The van der Waals surface area contributed by atoms with Crippen molar-refractivity contribution in [1.82, 2.24) is 10.9 Å². The molecule has 0 spiro atoms. The third-order valence-electron chi connectivity index (χ3n) is 3.92. The van der Waals surface area contributed by atoms with Crippen LogP contribution in [-0.4, -0.2) is 24.4 Å². The van der Waals surface area contributed by atoms with E-state index < -0.39 is 5.91 Å². The lowest BCUT2D eigenvalue weighted by atomic mass is 10.1. The molecule has 2 amide bonds. The molecule has 2 aromatic carbocycles. The summed E-state index contributed by atoms with van der Waals surface area (Å²) in [5.41, 5.74) is 6.22. The largest absolute Gasteiger partial charge is 0.466 e. The van der Waals surface area contributed by atoms with E-state index in [9.17, 15) is 14.4 Å². The van der Waals surface area contributed by atoms with Crippen molar-refractivity contribution in [3.8, 4) is 0 Å². The number of ether oxygens (including phenoxy) is 1. The zero-order valence-corrected chi connectivity index (χ0v) is 16.2. The Bertz CT molecular complexity index is 779. The van der Waals surface area contributed by atoms with Gasteiger partial charge in [-0.05, 0) is 49.1 Å². The maximum atomic E-state index is 11.8. The molecule has 0 saturated heterocycles. The normalized spacial score (nSPS) is 10.2. The molecule has 0 saturated carbocycles. The summed E-state index contributed by atoms with van der Waals surface area (Å²) >= 11 is 5.76. The molecule has 148 valence electrons. The van der Waals surface area contributed by atoms with Gasteiger partial charge in [0, 0.05) is 23.4 Å². The Kier molecular flexibility index (Phi) is 9.01. The van der Waals surface area contributed by atoms with Gasteiger partial charge in [-0.3, -0.25) is 25.2 Å². The van der Waals surface area contributed by atoms with E-state index in [1.165, 1.54) is 5.56 Å². The third-order valence-corrected chi connectivity index (χ3v) is 4.17. The highest BCUT2D eigenvalue weighted by atomic mass is 35.5. The third kappa shape index (κ3) is 8.22. The molecule has 2 rings (SSSR count). The highest BCUT2D eigenvalue weighted by molar-refractivity contribution is 6.30. The minimum atomic E-state index is -0.442. The lowest BCUT2D eigenvalue weighted by Gasteiger charge is -2.08. The Morgan fingerprint density at radius 3 is 2.29 bits per heavy atom. The molecular weight excluding hydrogens is 380 g/mol. The van der Waals surface area contributed by atoms with Crippen molar-refractivity contribution in [1.29, 1.82) is 0 Å². The summed E-state index contributed by atoms with van der Waals surface area (Å²) in [6.45, 7) is 0.358. The summed E-state index contributed by atoms with van der Waals surface area (Å²) in [6.07, 6.45) is 2.22. The quantitative estimate of drug-likeness (QED) is 0.382. The van der Waals surface area contributed by atoms with Crippen molar-refractivity contribution in [2.75, 3.05) is 6.61 Å². The first-order valence-corrected chi connectivity index (χ1v) is 9.46. The molecule has 2 aromatic rings. The van der Waals surface area contributed by atoms with Crippen LogP contribution in [0.25, 0.3) is 0 Å². The summed E-state index contributed by atoms with van der Waals surface area (Å²) in [5, 5.41) is 0.521. The van der Waals surface area contributed by atoms with Crippen molar-refractivity contribution in [2.45, 2.75) is 32.1 Å². The molecule has 0 aliphatic carbocycles. The van der Waals surface area contributed by atoms with E-state index in [1.807, 2.05) is 30.3 Å². The van der Waals surface area contributed by atoms with Gasteiger partial charge in [-0.25, -0.2) is 0 Å². The number of carbonyl (C=O) groups is 3. The molecule has 0 bridgehead atoms. The Morgan fingerprint density at radius 1 is 0.857 bits per heavy atom. The minimum absolute atomic E-state index is 0.111. The zero-order valence-electron chi connectivity index (χ0n) is 15.4. The fraction of sp³-hybridized carbons (Fsp3) is 0.286. The second kappa shape index (κ2) is 11.8. The molecule has 0 fully saturated rings. The molecule has 7 heteroatoms. The monoisotopic (exact) mass is 402 g/mol. The predicted molar refractivity (Wildman–Crippen MR) is 107 cm³/mol.